The third-order valence-electron chi connectivity index (χ3n) is 1.88. The van der Waals surface area contributed by atoms with Crippen molar-refractivity contribution in [3.05, 3.63) is 33.6 Å². The number of halogens is 3. The number of hydrogen-bond acceptors (Lipinski definition) is 2. The molecule has 0 aromatic heterocycles. The Morgan fingerprint density at radius 2 is 2.00 bits per heavy atom. The predicted octanol–water partition coefficient (Wildman–Crippen LogP) is 2.51. The van der Waals surface area contributed by atoms with E-state index in [-0.39, 0.29) is 16.7 Å². The minimum Gasteiger partial charge on any atom is -0.396 e. The summed E-state index contributed by atoms with van der Waals surface area (Å²) in [5.41, 5.74) is 6.25. The molecular weight excluding hydrogens is 228 g/mol. The van der Waals surface area contributed by atoms with Gasteiger partial charge in [0.2, 0.25) is 0 Å². The molecule has 5 heteroatoms. The van der Waals surface area contributed by atoms with Crippen LogP contribution in [0.3, 0.4) is 0 Å². The zero-order chi connectivity index (χ0) is 10.7. The second kappa shape index (κ2) is 4.94. The molecule has 0 radical (unpaired) electrons. The number of aliphatic hydroxyl groups is 1. The first-order chi connectivity index (χ1) is 6.56. The van der Waals surface area contributed by atoms with Crippen LogP contribution in [-0.2, 0) is 0 Å². The highest BCUT2D eigenvalue weighted by molar-refractivity contribution is 6.33. The Morgan fingerprint density at radius 1 is 1.36 bits per heavy atom. The summed E-state index contributed by atoms with van der Waals surface area (Å²) in [6.45, 7) is -0.0491. The van der Waals surface area contributed by atoms with Crippen LogP contribution in [0.1, 0.15) is 18.0 Å². The molecule has 1 unspecified atom stereocenters. The molecule has 0 amide bonds. The molecular formula is C9H10Cl2FNO. The summed E-state index contributed by atoms with van der Waals surface area (Å²) in [6, 6.07) is 2.08. The molecule has 1 atom stereocenters. The van der Waals surface area contributed by atoms with Crippen molar-refractivity contribution in [2.24, 2.45) is 5.73 Å². The number of benzene rings is 1. The lowest BCUT2D eigenvalue weighted by Crippen LogP contribution is -2.12. The molecule has 1 aromatic carbocycles. The van der Waals surface area contributed by atoms with Crippen LogP contribution < -0.4 is 5.73 Å². The Balaban J connectivity index is 3.02. The lowest BCUT2D eigenvalue weighted by atomic mass is 10.1. The van der Waals surface area contributed by atoms with Crippen molar-refractivity contribution in [2.45, 2.75) is 12.5 Å². The van der Waals surface area contributed by atoms with E-state index in [1.54, 1.807) is 0 Å². The van der Waals surface area contributed by atoms with Gasteiger partial charge in [0.25, 0.3) is 0 Å². The first-order valence-corrected chi connectivity index (χ1v) is 4.82. The molecule has 0 saturated heterocycles. The molecule has 3 N–H and O–H groups in total. The van der Waals surface area contributed by atoms with E-state index >= 15 is 0 Å². The van der Waals surface area contributed by atoms with E-state index in [0.29, 0.717) is 12.0 Å². The maximum Gasteiger partial charge on any atom is 0.143 e. The highest BCUT2D eigenvalue weighted by Crippen LogP contribution is 2.28. The molecule has 0 heterocycles. The number of aliphatic hydroxyl groups excluding tert-OH is 1. The molecule has 0 bridgehead atoms. The fourth-order valence-corrected chi connectivity index (χ4v) is 1.58. The van der Waals surface area contributed by atoms with Crippen molar-refractivity contribution >= 4 is 23.2 Å². The van der Waals surface area contributed by atoms with Crippen LogP contribution in [0.25, 0.3) is 0 Å². The standard InChI is InChI=1S/C9H10Cl2FNO/c10-6-4-8(12)7(11)3-5(6)9(13)1-2-14/h3-4,9,14H,1-2,13H2. The van der Waals surface area contributed by atoms with Crippen LogP contribution in [0.5, 0.6) is 0 Å². The van der Waals surface area contributed by atoms with Crippen LogP contribution in [-0.4, -0.2) is 11.7 Å². The van der Waals surface area contributed by atoms with Gasteiger partial charge in [0, 0.05) is 17.7 Å². The van der Waals surface area contributed by atoms with Crippen molar-refractivity contribution in [1.29, 1.82) is 0 Å². The number of nitrogens with two attached hydrogens (primary N) is 1. The molecule has 0 saturated carbocycles. The molecule has 2 nitrogen and oxygen atoms in total. The summed E-state index contributed by atoms with van der Waals surface area (Å²) < 4.78 is 12.9. The summed E-state index contributed by atoms with van der Waals surface area (Å²) in [5.74, 6) is -0.573. The average Bonchev–Trinajstić information content (AvgIpc) is 2.11. The molecule has 78 valence electrons. The van der Waals surface area contributed by atoms with E-state index < -0.39 is 11.9 Å². The van der Waals surface area contributed by atoms with E-state index in [1.165, 1.54) is 6.07 Å². The second-order valence-corrected chi connectivity index (χ2v) is 3.72. The lowest BCUT2D eigenvalue weighted by molar-refractivity contribution is 0.276. The Bertz CT molecular complexity index is 333. The number of hydrogen-bond donors (Lipinski definition) is 2. The minimum absolute atomic E-state index is 0.0159. The fourth-order valence-electron chi connectivity index (χ4n) is 1.12. The van der Waals surface area contributed by atoms with Gasteiger partial charge in [-0.3, -0.25) is 0 Å². The third-order valence-corrected chi connectivity index (χ3v) is 2.50. The Hall–Kier alpha value is -0.350. The van der Waals surface area contributed by atoms with Crippen LogP contribution in [0.4, 0.5) is 4.39 Å². The van der Waals surface area contributed by atoms with Gasteiger partial charge in [-0.2, -0.15) is 0 Å². The van der Waals surface area contributed by atoms with Gasteiger partial charge in [-0.25, -0.2) is 4.39 Å². The molecule has 1 aromatic rings. The smallest absolute Gasteiger partial charge is 0.143 e. The zero-order valence-electron chi connectivity index (χ0n) is 7.30. The van der Waals surface area contributed by atoms with E-state index in [2.05, 4.69) is 0 Å². The molecule has 14 heavy (non-hydrogen) atoms. The van der Waals surface area contributed by atoms with Gasteiger partial charge >= 0.3 is 0 Å². The molecule has 0 aliphatic carbocycles. The van der Waals surface area contributed by atoms with Crippen LogP contribution in [0, 0.1) is 5.82 Å². The highest BCUT2D eigenvalue weighted by atomic mass is 35.5. The van der Waals surface area contributed by atoms with Crippen molar-refractivity contribution in [2.75, 3.05) is 6.61 Å². The van der Waals surface area contributed by atoms with E-state index in [4.69, 9.17) is 34.0 Å². The quantitative estimate of drug-likeness (QED) is 0.794. The molecule has 0 fully saturated rings. The van der Waals surface area contributed by atoms with Crippen molar-refractivity contribution in [1.82, 2.24) is 0 Å². The van der Waals surface area contributed by atoms with Gasteiger partial charge in [-0.1, -0.05) is 23.2 Å². The first-order valence-electron chi connectivity index (χ1n) is 4.07. The lowest BCUT2D eigenvalue weighted by Gasteiger charge is -2.12. The number of rotatable bonds is 3. The van der Waals surface area contributed by atoms with Crippen LogP contribution in [0.2, 0.25) is 10.0 Å². The van der Waals surface area contributed by atoms with E-state index in [9.17, 15) is 4.39 Å². The van der Waals surface area contributed by atoms with E-state index in [1.807, 2.05) is 0 Å². The minimum atomic E-state index is -0.573. The fraction of sp³-hybridized carbons (Fsp3) is 0.333. The monoisotopic (exact) mass is 237 g/mol. The highest BCUT2D eigenvalue weighted by Gasteiger charge is 2.12. The van der Waals surface area contributed by atoms with Gasteiger partial charge in [-0.15, -0.1) is 0 Å². The maximum absolute atomic E-state index is 12.9. The van der Waals surface area contributed by atoms with Gasteiger partial charge in [0.05, 0.1) is 5.02 Å². The average molecular weight is 238 g/mol. The normalized spacial score (nSPS) is 12.9. The van der Waals surface area contributed by atoms with Gasteiger partial charge in [-0.05, 0) is 24.1 Å². The van der Waals surface area contributed by atoms with Gasteiger partial charge < -0.3 is 10.8 Å². The Morgan fingerprint density at radius 3 is 2.57 bits per heavy atom. The summed E-state index contributed by atoms with van der Waals surface area (Å²) in [7, 11) is 0. The summed E-state index contributed by atoms with van der Waals surface area (Å²) >= 11 is 11.4. The third kappa shape index (κ3) is 2.58. The zero-order valence-corrected chi connectivity index (χ0v) is 8.82. The largest absolute Gasteiger partial charge is 0.396 e. The maximum atomic E-state index is 12.9. The summed E-state index contributed by atoms with van der Waals surface area (Å²) in [6.07, 6.45) is 0.363. The Labute approximate surface area is 91.4 Å². The van der Waals surface area contributed by atoms with Gasteiger partial charge in [0.1, 0.15) is 5.82 Å². The van der Waals surface area contributed by atoms with Crippen molar-refractivity contribution < 1.29 is 9.50 Å². The second-order valence-electron chi connectivity index (χ2n) is 2.91. The topological polar surface area (TPSA) is 46.2 Å². The van der Waals surface area contributed by atoms with Crippen molar-refractivity contribution in [3.63, 3.8) is 0 Å². The predicted molar refractivity (Wildman–Crippen MR) is 55.1 cm³/mol. The Kier molecular flexibility index (Phi) is 4.13. The van der Waals surface area contributed by atoms with Gasteiger partial charge in [0.15, 0.2) is 0 Å². The molecule has 0 aliphatic rings. The van der Waals surface area contributed by atoms with Crippen molar-refractivity contribution in [3.8, 4) is 0 Å². The van der Waals surface area contributed by atoms with Crippen LogP contribution >= 0.6 is 23.2 Å². The summed E-state index contributed by atoms with van der Waals surface area (Å²) in [4.78, 5) is 0. The molecule has 0 aliphatic heterocycles. The SMILES string of the molecule is NC(CCO)c1cc(Cl)c(F)cc1Cl. The summed E-state index contributed by atoms with van der Waals surface area (Å²) in [5, 5.41) is 8.90. The molecule has 1 rings (SSSR count). The first kappa shape index (κ1) is 11.7. The van der Waals surface area contributed by atoms with Crippen LogP contribution in [0.15, 0.2) is 12.1 Å². The van der Waals surface area contributed by atoms with E-state index in [0.717, 1.165) is 6.07 Å². The molecule has 0 spiro atoms.